The van der Waals surface area contributed by atoms with Crippen molar-refractivity contribution in [3.63, 3.8) is 0 Å². The molecule has 4 aromatic carbocycles. The van der Waals surface area contributed by atoms with E-state index < -0.39 is 39.7 Å². The number of carbonyl (C=O) groups excluding carboxylic acids is 1. The van der Waals surface area contributed by atoms with Crippen molar-refractivity contribution in [2.45, 2.75) is 49.8 Å². The van der Waals surface area contributed by atoms with E-state index in [2.05, 4.69) is 28.3 Å². The second-order valence-electron chi connectivity index (χ2n) is 10.6. The lowest BCUT2D eigenvalue weighted by Gasteiger charge is -2.25. The minimum absolute atomic E-state index is 0.00488. The molecule has 0 fully saturated rings. The van der Waals surface area contributed by atoms with Gasteiger partial charge in [0.15, 0.2) is 0 Å². The highest BCUT2D eigenvalue weighted by Gasteiger charge is 2.23. The number of rotatable bonds is 15. The molecule has 0 spiro atoms. The first-order chi connectivity index (χ1) is 21.1. The Morgan fingerprint density at radius 1 is 0.818 bits per heavy atom. The summed E-state index contributed by atoms with van der Waals surface area (Å²) >= 11 is 0. The lowest BCUT2D eigenvalue weighted by molar-refractivity contribution is 0.0829. The summed E-state index contributed by atoms with van der Waals surface area (Å²) in [5, 5.41) is 17.0. The van der Waals surface area contributed by atoms with Crippen LogP contribution in [0.3, 0.4) is 0 Å². The minimum Gasteiger partial charge on any atom is -0.390 e. The van der Waals surface area contributed by atoms with Crippen LogP contribution in [0.5, 0.6) is 0 Å². The van der Waals surface area contributed by atoms with E-state index in [0.29, 0.717) is 13.0 Å². The van der Waals surface area contributed by atoms with Crippen molar-refractivity contribution in [3.8, 4) is 0 Å². The minimum atomic E-state index is -3.80. The first-order valence-electron chi connectivity index (χ1n) is 14.5. The zero-order valence-electron chi connectivity index (χ0n) is 24.5. The van der Waals surface area contributed by atoms with Gasteiger partial charge >= 0.3 is 0 Å². The molecule has 0 unspecified atom stereocenters. The molecule has 1 amide bonds. The van der Waals surface area contributed by atoms with Crippen LogP contribution in [-0.2, 0) is 35.8 Å². The number of benzene rings is 4. The molecule has 0 saturated heterocycles. The first kappa shape index (κ1) is 32.9. The summed E-state index contributed by atoms with van der Waals surface area (Å²) in [6.07, 6.45) is 0.284. The standard InChI is InChI=1S/C34H37F2N3O4S/c1-2-24-9-6-10-26(17-24)22-37-23-33(40)32(20-27-18-29(35)21-30(36)19-27)39-34(41)28-11-13-31(14-12-28)44(42,43)38-16-15-25-7-4-3-5-8-25/h3-14,17-19,21,32-33,37-38,40H,2,15-16,20,22-23H2,1H3,(H,39,41)/t32-,33+/m0/s1. The van der Waals surface area contributed by atoms with Crippen LogP contribution in [0.2, 0.25) is 0 Å². The second kappa shape index (κ2) is 15.7. The Morgan fingerprint density at radius 3 is 2.16 bits per heavy atom. The third-order valence-corrected chi connectivity index (χ3v) is 8.69. The van der Waals surface area contributed by atoms with Crippen LogP contribution >= 0.6 is 0 Å². The highest BCUT2D eigenvalue weighted by Crippen LogP contribution is 2.15. The van der Waals surface area contributed by atoms with Gasteiger partial charge in [-0.05, 0) is 77.9 Å². The number of hydrogen-bond acceptors (Lipinski definition) is 5. The fourth-order valence-electron chi connectivity index (χ4n) is 4.83. The van der Waals surface area contributed by atoms with Crippen molar-refractivity contribution in [3.05, 3.63) is 137 Å². The van der Waals surface area contributed by atoms with Gasteiger partial charge in [-0.1, -0.05) is 61.5 Å². The molecule has 0 aliphatic carbocycles. The number of sulfonamides is 1. The molecule has 4 rings (SSSR count). The predicted octanol–water partition coefficient (Wildman–Crippen LogP) is 4.54. The fraction of sp³-hybridized carbons (Fsp3) is 0.265. The number of amides is 1. The number of carbonyl (C=O) groups is 1. The number of halogens is 2. The number of hydrogen-bond donors (Lipinski definition) is 4. The van der Waals surface area contributed by atoms with E-state index in [9.17, 15) is 27.1 Å². The van der Waals surface area contributed by atoms with Crippen molar-refractivity contribution >= 4 is 15.9 Å². The van der Waals surface area contributed by atoms with Gasteiger partial charge in [-0.25, -0.2) is 21.9 Å². The maximum Gasteiger partial charge on any atom is 0.251 e. The van der Waals surface area contributed by atoms with Gasteiger partial charge in [0, 0.05) is 31.3 Å². The van der Waals surface area contributed by atoms with Gasteiger partial charge in [0.25, 0.3) is 5.91 Å². The predicted molar refractivity (Wildman–Crippen MR) is 167 cm³/mol. The van der Waals surface area contributed by atoms with E-state index in [1.165, 1.54) is 29.8 Å². The molecule has 0 saturated carbocycles. The summed E-state index contributed by atoms with van der Waals surface area (Å²) in [6, 6.07) is 25.1. The first-order valence-corrected chi connectivity index (χ1v) is 16.0. The molecule has 0 heterocycles. The third-order valence-electron chi connectivity index (χ3n) is 7.22. The van der Waals surface area contributed by atoms with E-state index in [4.69, 9.17) is 0 Å². The van der Waals surface area contributed by atoms with Crippen LogP contribution < -0.4 is 15.4 Å². The smallest absolute Gasteiger partial charge is 0.251 e. The lowest BCUT2D eigenvalue weighted by Crippen LogP contribution is -2.48. The van der Waals surface area contributed by atoms with Crippen LogP contribution in [-0.4, -0.2) is 44.7 Å². The quantitative estimate of drug-likeness (QED) is 0.156. The Balaban J connectivity index is 1.41. The Labute approximate surface area is 257 Å². The van der Waals surface area contributed by atoms with E-state index in [1.807, 2.05) is 48.5 Å². The van der Waals surface area contributed by atoms with Gasteiger partial charge < -0.3 is 15.7 Å². The average molecular weight is 622 g/mol. The molecule has 0 bridgehead atoms. The van der Waals surface area contributed by atoms with E-state index in [-0.39, 0.29) is 35.5 Å². The topological polar surface area (TPSA) is 108 Å². The maximum atomic E-state index is 13.9. The van der Waals surface area contributed by atoms with Crippen LogP contribution in [0.4, 0.5) is 8.78 Å². The molecule has 4 N–H and O–H groups in total. The van der Waals surface area contributed by atoms with Crippen molar-refractivity contribution in [1.29, 1.82) is 0 Å². The third kappa shape index (κ3) is 9.78. The van der Waals surface area contributed by atoms with Crippen LogP contribution in [0.25, 0.3) is 0 Å². The highest BCUT2D eigenvalue weighted by atomic mass is 32.2. The van der Waals surface area contributed by atoms with Crippen LogP contribution in [0, 0.1) is 11.6 Å². The van der Waals surface area contributed by atoms with Gasteiger partial charge in [0.2, 0.25) is 10.0 Å². The molecule has 7 nitrogen and oxygen atoms in total. The number of aliphatic hydroxyl groups excluding tert-OH is 1. The summed E-state index contributed by atoms with van der Waals surface area (Å²) in [6.45, 7) is 2.86. The summed E-state index contributed by atoms with van der Waals surface area (Å²) in [5.41, 5.74) is 3.66. The van der Waals surface area contributed by atoms with Crippen LogP contribution in [0.1, 0.15) is 39.5 Å². The summed E-state index contributed by atoms with van der Waals surface area (Å²) in [4.78, 5) is 13.2. The fourth-order valence-corrected chi connectivity index (χ4v) is 5.86. The van der Waals surface area contributed by atoms with E-state index in [1.54, 1.807) is 0 Å². The van der Waals surface area contributed by atoms with Gasteiger partial charge in [0.05, 0.1) is 17.0 Å². The molecule has 0 aromatic heterocycles. The van der Waals surface area contributed by atoms with Gasteiger partial charge in [0.1, 0.15) is 11.6 Å². The van der Waals surface area contributed by atoms with Crippen molar-refractivity contribution < 1.29 is 27.1 Å². The van der Waals surface area contributed by atoms with Gasteiger partial charge in [-0.2, -0.15) is 0 Å². The van der Waals surface area contributed by atoms with Crippen molar-refractivity contribution in [2.24, 2.45) is 0 Å². The lowest BCUT2D eigenvalue weighted by atomic mass is 10.00. The molecule has 10 heteroatoms. The molecule has 4 aromatic rings. The molecular formula is C34H37F2N3O4S. The number of nitrogens with one attached hydrogen (secondary N) is 3. The van der Waals surface area contributed by atoms with Crippen molar-refractivity contribution in [2.75, 3.05) is 13.1 Å². The summed E-state index contributed by atoms with van der Waals surface area (Å²) in [7, 11) is -3.80. The Hall–Kier alpha value is -3.96. The number of aliphatic hydroxyl groups is 1. The Morgan fingerprint density at radius 2 is 1.48 bits per heavy atom. The van der Waals surface area contributed by atoms with Crippen LogP contribution in [0.15, 0.2) is 102 Å². The molecule has 0 aliphatic heterocycles. The van der Waals surface area contributed by atoms with Gasteiger partial charge in [-0.15, -0.1) is 0 Å². The SMILES string of the molecule is CCc1cccc(CNC[C@@H](O)[C@H](Cc2cc(F)cc(F)c2)NC(=O)c2ccc(S(=O)(=O)NCCc3ccccc3)cc2)c1. The molecule has 0 radical (unpaired) electrons. The zero-order valence-corrected chi connectivity index (χ0v) is 25.3. The highest BCUT2D eigenvalue weighted by molar-refractivity contribution is 7.89. The molecule has 0 aliphatic rings. The molecule has 2 atom stereocenters. The monoisotopic (exact) mass is 621 g/mol. The van der Waals surface area contributed by atoms with E-state index in [0.717, 1.165) is 35.7 Å². The van der Waals surface area contributed by atoms with Gasteiger partial charge in [-0.3, -0.25) is 4.79 Å². The number of aryl methyl sites for hydroxylation is 1. The summed E-state index contributed by atoms with van der Waals surface area (Å²) < 4.78 is 55.9. The largest absolute Gasteiger partial charge is 0.390 e. The normalized spacial score (nSPS) is 12.9. The zero-order chi connectivity index (χ0) is 31.5. The molecule has 232 valence electrons. The van der Waals surface area contributed by atoms with E-state index >= 15 is 0 Å². The second-order valence-corrected chi connectivity index (χ2v) is 12.4. The molecule has 44 heavy (non-hydrogen) atoms. The average Bonchev–Trinajstić information content (AvgIpc) is 3.01. The Bertz CT molecular complexity index is 1610. The van der Waals surface area contributed by atoms with Crippen molar-refractivity contribution in [1.82, 2.24) is 15.4 Å². The Kier molecular flexibility index (Phi) is 11.7. The summed E-state index contributed by atoms with van der Waals surface area (Å²) in [5.74, 6) is -2.09. The maximum absolute atomic E-state index is 13.9. The molecular weight excluding hydrogens is 584 g/mol.